The maximum absolute atomic E-state index is 5.29. The maximum atomic E-state index is 5.29. The van der Waals surface area contributed by atoms with Crippen LogP contribution in [0.1, 0.15) is 11.3 Å². The molecule has 0 amide bonds. The Kier molecular flexibility index (Phi) is 3.69. The van der Waals surface area contributed by atoms with Gasteiger partial charge in [-0.3, -0.25) is 4.98 Å². The molecule has 4 heteroatoms. The van der Waals surface area contributed by atoms with Gasteiger partial charge in [0.05, 0.1) is 7.11 Å². The molecule has 0 atom stereocenters. The van der Waals surface area contributed by atoms with Gasteiger partial charge in [-0.1, -0.05) is 12.1 Å². The van der Waals surface area contributed by atoms with E-state index in [2.05, 4.69) is 21.4 Å². The summed E-state index contributed by atoms with van der Waals surface area (Å²) in [5.41, 5.74) is 2.15. The number of pyridine rings is 2. The van der Waals surface area contributed by atoms with Crippen LogP contribution in [0.3, 0.4) is 0 Å². The van der Waals surface area contributed by atoms with Crippen LogP contribution in [0.25, 0.3) is 10.8 Å². The number of anilines is 1. The molecule has 0 unspecified atom stereocenters. The highest BCUT2D eigenvalue weighted by molar-refractivity contribution is 5.92. The average Bonchev–Trinajstić information content (AvgIpc) is 2.54. The van der Waals surface area contributed by atoms with Crippen molar-refractivity contribution in [1.29, 1.82) is 0 Å². The van der Waals surface area contributed by atoms with E-state index in [1.54, 1.807) is 7.11 Å². The summed E-state index contributed by atoms with van der Waals surface area (Å²) >= 11 is 0. The Morgan fingerprint density at radius 2 is 2.00 bits per heavy atom. The second-order valence-corrected chi connectivity index (χ2v) is 4.91. The molecule has 1 aromatic carbocycles. The van der Waals surface area contributed by atoms with Crippen LogP contribution in [0.2, 0.25) is 0 Å². The summed E-state index contributed by atoms with van der Waals surface area (Å²) < 4.78 is 5.29. The van der Waals surface area contributed by atoms with Gasteiger partial charge in [-0.25, -0.2) is 4.98 Å². The number of hydrogen-bond acceptors (Lipinski definition) is 4. The minimum Gasteiger partial charge on any atom is -0.497 e. The number of nitrogens with one attached hydrogen (secondary N) is 1. The summed E-state index contributed by atoms with van der Waals surface area (Å²) in [6.45, 7) is 2.67. The van der Waals surface area contributed by atoms with Crippen molar-refractivity contribution in [2.75, 3.05) is 12.4 Å². The number of hydrogen-bond donors (Lipinski definition) is 1. The van der Waals surface area contributed by atoms with E-state index < -0.39 is 0 Å². The van der Waals surface area contributed by atoms with Crippen LogP contribution in [0, 0.1) is 6.92 Å². The van der Waals surface area contributed by atoms with E-state index in [0.29, 0.717) is 6.54 Å². The van der Waals surface area contributed by atoms with Gasteiger partial charge in [0.2, 0.25) is 0 Å². The second kappa shape index (κ2) is 5.79. The number of methoxy groups -OCH3 is 1. The molecule has 0 bridgehead atoms. The molecule has 0 saturated carbocycles. The normalized spacial score (nSPS) is 10.6. The molecular formula is C17H17N3O. The Bertz CT molecular complexity index is 754. The molecule has 2 aromatic heterocycles. The van der Waals surface area contributed by atoms with Gasteiger partial charge in [-0.05, 0) is 42.1 Å². The van der Waals surface area contributed by atoms with Crippen molar-refractivity contribution in [2.24, 2.45) is 0 Å². The van der Waals surface area contributed by atoms with Gasteiger partial charge < -0.3 is 10.1 Å². The molecule has 4 nitrogen and oxygen atoms in total. The van der Waals surface area contributed by atoms with Gasteiger partial charge in [0.25, 0.3) is 0 Å². The topological polar surface area (TPSA) is 47.0 Å². The van der Waals surface area contributed by atoms with E-state index in [0.717, 1.165) is 33.6 Å². The molecule has 0 radical (unpaired) electrons. The predicted molar refractivity (Wildman–Crippen MR) is 84.6 cm³/mol. The lowest BCUT2D eigenvalue weighted by molar-refractivity contribution is 0.415. The molecule has 3 aromatic rings. The second-order valence-electron chi connectivity index (χ2n) is 4.91. The van der Waals surface area contributed by atoms with Crippen LogP contribution in [0.4, 0.5) is 5.82 Å². The Morgan fingerprint density at radius 3 is 2.76 bits per heavy atom. The molecule has 0 fully saturated rings. The first-order valence-electron chi connectivity index (χ1n) is 6.84. The van der Waals surface area contributed by atoms with Gasteiger partial charge in [0.1, 0.15) is 11.6 Å². The molecule has 0 saturated heterocycles. The molecule has 106 valence electrons. The number of benzene rings is 1. The van der Waals surface area contributed by atoms with Crippen LogP contribution in [-0.4, -0.2) is 17.1 Å². The van der Waals surface area contributed by atoms with Crippen LogP contribution in [0.15, 0.2) is 48.8 Å². The fourth-order valence-corrected chi connectivity index (χ4v) is 2.20. The van der Waals surface area contributed by atoms with E-state index in [4.69, 9.17) is 4.74 Å². The van der Waals surface area contributed by atoms with Gasteiger partial charge in [0.15, 0.2) is 0 Å². The van der Waals surface area contributed by atoms with Crippen molar-refractivity contribution in [2.45, 2.75) is 13.5 Å². The molecule has 0 spiro atoms. The molecule has 3 rings (SSSR count). The third-order valence-electron chi connectivity index (χ3n) is 3.41. The summed E-state index contributed by atoms with van der Waals surface area (Å²) in [5.74, 6) is 1.68. The Balaban J connectivity index is 1.87. The lowest BCUT2D eigenvalue weighted by Gasteiger charge is -2.10. The van der Waals surface area contributed by atoms with Gasteiger partial charge >= 0.3 is 0 Å². The fourth-order valence-electron chi connectivity index (χ4n) is 2.20. The summed E-state index contributed by atoms with van der Waals surface area (Å²) in [5, 5.41) is 5.56. The minimum absolute atomic E-state index is 0.691. The largest absolute Gasteiger partial charge is 0.497 e. The van der Waals surface area contributed by atoms with Crippen molar-refractivity contribution in [1.82, 2.24) is 9.97 Å². The predicted octanol–water partition coefficient (Wildman–Crippen LogP) is 3.56. The molecular weight excluding hydrogens is 262 g/mol. The number of aromatic nitrogens is 2. The van der Waals surface area contributed by atoms with Crippen LogP contribution < -0.4 is 10.1 Å². The molecule has 21 heavy (non-hydrogen) atoms. The van der Waals surface area contributed by atoms with Gasteiger partial charge in [-0.15, -0.1) is 0 Å². The highest BCUT2D eigenvalue weighted by Crippen LogP contribution is 2.25. The zero-order valence-electron chi connectivity index (χ0n) is 12.1. The number of ether oxygens (including phenoxy) is 1. The van der Waals surface area contributed by atoms with E-state index in [1.807, 2.05) is 49.6 Å². The highest BCUT2D eigenvalue weighted by atomic mass is 16.5. The molecule has 0 aliphatic carbocycles. The Labute approximate surface area is 123 Å². The third-order valence-corrected chi connectivity index (χ3v) is 3.41. The molecule has 0 aliphatic rings. The van der Waals surface area contributed by atoms with E-state index in [1.165, 1.54) is 0 Å². The van der Waals surface area contributed by atoms with Crippen LogP contribution >= 0.6 is 0 Å². The average molecular weight is 279 g/mol. The number of rotatable bonds is 4. The lowest BCUT2D eigenvalue weighted by atomic mass is 10.1. The van der Waals surface area contributed by atoms with E-state index in [9.17, 15) is 0 Å². The van der Waals surface area contributed by atoms with Gasteiger partial charge in [-0.2, -0.15) is 0 Å². The maximum Gasteiger partial charge on any atom is 0.134 e. The quantitative estimate of drug-likeness (QED) is 0.793. The zero-order valence-corrected chi connectivity index (χ0v) is 12.1. The monoisotopic (exact) mass is 279 g/mol. The summed E-state index contributed by atoms with van der Waals surface area (Å²) in [4.78, 5) is 8.73. The van der Waals surface area contributed by atoms with Crippen molar-refractivity contribution in [3.8, 4) is 5.75 Å². The van der Waals surface area contributed by atoms with E-state index in [-0.39, 0.29) is 0 Å². The lowest BCUT2D eigenvalue weighted by Crippen LogP contribution is -2.02. The third kappa shape index (κ3) is 2.94. The summed E-state index contributed by atoms with van der Waals surface area (Å²) in [6, 6.07) is 12.1. The number of aryl methyl sites for hydroxylation is 1. The Hall–Kier alpha value is -2.62. The first-order valence-corrected chi connectivity index (χ1v) is 6.84. The molecule has 0 aliphatic heterocycles. The van der Waals surface area contributed by atoms with Crippen LogP contribution in [0.5, 0.6) is 5.75 Å². The minimum atomic E-state index is 0.691. The smallest absolute Gasteiger partial charge is 0.134 e. The number of nitrogens with zero attached hydrogens (tertiary/aromatic N) is 2. The first-order chi connectivity index (χ1) is 10.3. The molecule has 2 heterocycles. The van der Waals surface area contributed by atoms with Gasteiger partial charge in [0, 0.05) is 30.0 Å². The van der Waals surface area contributed by atoms with Crippen molar-refractivity contribution in [3.05, 3.63) is 60.0 Å². The van der Waals surface area contributed by atoms with Crippen molar-refractivity contribution < 1.29 is 4.74 Å². The number of fused-ring (bicyclic) bond motifs is 1. The SMILES string of the molecule is COc1ccc2ccnc(NCc3ccc(C)nc3)c2c1. The first kappa shape index (κ1) is 13.4. The standard InChI is InChI=1S/C17H17N3O/c1-12-3-4-13(10-19-12)11-20-17-16-9-15(21-2)6-5-14(16)7-8-18-17/h3-10H,11H2,1-2H3,(H,18,20). The zero-order chi connectivity index (χ0) is 14.7. The van der Waals surface area contributed by atoms with E-state index >= 15 is 0 Å². The Morgan fingerprint density at radius 1 is 1.10 bits per heavy atom. The summed E-state index contributed by atoms with van der Waals surface area (Å²) in [6.07, 6.45) is 3.69. The van der Waals surface area contributed by atoms with Crippen molar-refractivity contribution in [3.63, 3.8) is 0 Å². The molecule has 1 N–H and O–H groups in total. The highest BCUT2D eigenvalue weighted by Gasteiger charge is 2.04. The van der Waals surface area contributed by atoms with Crippen molar-refractivity contribution >= 4 is 16.6 Å². The fraction of sp³-hybridized carbons (Fsp3) is 0.176. The van der Waals surface area contributed by atoms with Crippen LogP contribution in [-0.2, 0) is 6.54 Å². The summed E-state index contributed by atoms with van der Waals surface area (Å²) in [7, 11) is 1.67.